The Morgan fingerprint density at radius 2 is 1.35 bits per heavy atom. The molecule has 43 heavy (non-hydrogen) atoms. The smallest absolute Gasteiger partial charge is 0.331 e. The summed E-state index contributed by atoms with van der Waals surface area (Å²) in [6, 6.07) is 12.3. The van der Waals surface area contributed by atoms with Crippen LogP contribution in [0.15, 0.2) is 54.6 Å². The zero-order chi connectivity index (χ0) is 31.1. The zero-order valence-corrected chi connectivity index (χ0v) is 22.9. The lowest BCUT2D eigenvalue weighted by Crippen LogP contribution is -2.65. The Balaban J connectivity index is 1.52. The topological polar surface area (TPSA) is 225 Å². The van der Waals surface area contributed by atoms with Crippen LogP contribution in [0.2, 0.25) is 0 Å². The van der Waals surface area contributed by atoms with Crippen molar-refractivity contribution in [3.05, 3.63) is 65.7 Å². The number of ether oxygens (including phenoxy) is 5. The maximum absolute atomic E-state index is 12.8. The van der Waals surface area contributed by atoms with Crippen molar-refractivity contribution in [1.29, 1.82) is 0 Å². The van der Waals surface area contributed by atoms with E-state index in [0.29, 0.717) is 12.0 Å². The average Bonchev–Trinajstić information content (AvgIpc) is 3.00. The molecule has 0 amide bonds. The summed E-state index contributed by atoms with van der Waals surface area (Å²) in [4.78, 5) is 12.8. The molecule has 0 unspecified atom stereocenters. The summed E-state index contributed by atoms with van der Waals surface area (Å²) in [7, 11) is 0. The fourth-order valence-electron chi connectivity index (χ4n) is 4.69. The molecule has 0 saturated carbocycles. The highest BCUT2D eigenvalue weighted by Crippen LogP contribution is 2.31. The van der Waals surface area contributed by atoms with Gasteiger partial charge in [-0.1, -0.05) is 24.3 Å². The molecule has 4 rings (SSSR count). The van der Waals surface area contributed by atoms with Gasteiger partial charge in [0.15, 0.2) is 18.7 Å². The Bertz CT molecular complexity index is 1190. The van der Waals surface area contributed by atoms with E-state index in [-0.39, 0.29) is 18.1 Å². The lowest BCUT2D eigenvalue weighted by Gasteiger charge is -2.46. The second kappa shape index (κ2) is 15.0. The summed E-state index contributed by atoms with van der Waals surface area (Å²) in [5.74, 6) is -0.790. The summed E-state index contributed by atoms with van der Waals surface area (Å²) in [6.45, 7) is -1.42. The molecule has 14 nitrogen and oxygen atoms in total. The molecule has 8 N–H and O–H groups in total. The number of rotatable bonds is 11. The molecule has 10 atom stereocenters. The SMILES string of the molecule is O=C(C=Cc1ccc(O)cc1)O[C@H]1[C@H](O[C@@H]2O[C@H](CO)[C@@H](O)[C@H](O)[C@H]2O)[C@@H](O)[C@H](OCCc2ccc(O)cc2)O[C@@H]1CO. The third-order valence-corrected chi connectivity index (χ3v) is 7.10. The Labute approximate surface area is 246 Å². The number of esters is 1. The number of aliphatic hydroxyl groups excluding tert-OH is 6. The first kappa shape index (κ1) is 32.8. The maximum atomic E-state index is 12.8. The molecule has 2 saturated heterocycles. The van der Waals surface area contributed by atoms with Crippen molar-refractivity contribution in [3.8, 4) is 11.5 Å². The van der Waals surface area contributed by atoms with Crippen molar-refractivity contribution < 1.29 is 69.3 Å². The van der Waals surface area contributed by atoms with Crippen LogP contribution in [0.25, 0.3) is 6.08 Å². The molecule has 0 bridgehead atoms. The van der Waals surface area contributed by atoms with Crippen LogP contribution >= 0.6 is 0 Å². The third-order valence-electron chi connectivity index (χ3n) is 7.10. The van der Waals surface area contributed by atoms with Gasteiger partial charge in [0, 0.05) is 6.08 Å². The summed E-state index contributed by atoms with van der Waals surface area (Å²) >= 11 is 0. The second-order valence-corrected chi connectivity index (χ2v) is 10.1. The predicted octanol–water partition coefficient (Wildman–Crippen LogP) is -1.45. The molecule has 2 fully saturated rings. The highest BCUT2D eigenvalue weighted by Gasteiger charge is 2.52. The maximum Gasteiger partial charge on any atom is 0.331 e. The average molecular weight is 609 g/mol. The van der Waals surface area contributed by atoms with Crippen LogP contribution in [0.3, 0.4) is 0 Å². The van der Waals surface area contributed by atoms with Gasteiger partial charge in [-0.3, -0.25) is 0 Å². The van der Waals surface area contributed by atoms with Gasteiger partial charge in [0.1, 0.15) is 54.2 Å². The van der Waals surface area contributed by atoms with Gasteiger partial charge in [-0.05, 0) is 47.9 Å². The number of phenols is 2. The van der Waals surface area contributed by atoms with E-state index in [1.54, 1.807) is 24.3 Å². The standard InChI is InChI=1S/C29H36O14/c30-13-19-22(35)23(36)24(37)29(40-19)43-27-25(38)28(39-12-11-16-3-8-18(33)9-4-16)41-20(14-31)26(27)42-21(34)10-5-15-1-6-17(32)7-2-15/h1-10,19-20,22-33,35-38H,11-14H2/t19-,20-,22-,23+,24-,25-,26-,27-,28-,29+/m1/s1. The van der Waals surface area contributed by atoms with Crippen LogP contribution in [0.5, 0.6) is 11.5 Å². The van der Waals surface area contributed by atoms with Gasteiger partial charge in [0.05, 0.1) is 19.8 Å². The number of hydrogen-bond donors (Lipinski definition) is 8. The van der Waals surface area contributed by atoms with E-state index in [1.807, 2.05) is 0 Å². The number of phenolic OH excluding ortho intramolecular Hbond substituents is 2. The minimum atomic E-state index is -1.83. The summed E-state index contributed by atoms with van der Waals surface area (Å²) in [5.41, 5.74) is 1.37. The van der Waals surface area contributed by atoms with Crippen LogP contribution in [0.1, 0.15) is 11.1 Å². The first-order chi connectivity index (χ1) is 20.6. The first-order valence-electron chi connectivity index (χ1n) is 13.6. The Hall–Kier alpha value is -3.15. The molecular weight excluding hydrogens is 572 g/mol. The van der Waals surface area contributed by atoms with Crippen LogP contribution in [-0.4, -0.2) is 128 Å². The molecule has 2 aliphatic rings. The molecule has 2 aromatic rings. The fraction of sp³-hybridized carbons (Fsp3) is 0.483. The fourth-order valence-corrected chi connectivity index (χ4v) is 4.69. The summed E-state index contributed by atoms with van der Waals surface area (Å²) in [6.07, 6.45) is -12.9. The van der Waals surface area contributed by atoms with Crippen LogP contribution < -0.4 is 0 Å². The Kier molecular flexibility index (Phi) is 11.5. The molecule has 14 heteroatoms. The molecule has 0 spiro atoms. The van der Waals surface area contributed by atoms with Crippen molar-refractivity contribution in [2.75, 3.05) is 19.8 Å². The van der Waals surface area contributed by atoms with Gasteiger partial charge in [-0.25, -0.2) is 4.79 Å². The van der Waals surface area contributed by atoms with Gasteiger partial charge >= 0.3 is 5.97 Å². The first-order valence-corrected chi connectivity index (χ1v) is 13.6. The largest absolute Gasteiger partial charge is 0.508 e. The lowest BCUT2D eigenvalue weighted by molar-refractivity contribution is -0.360. The van der Waals surface area contributed by atoms with Crippen LogP contribution in [0.4, 0.5) is 0 Å². The van der Waals surface area contributed by atoms with Crippen molar-refractivity contribution in [3.63, 3.8) is 0 Å². The number of carbonyl (C=O) groups excluding carboxylic acids is 1. The Morgan fingerprint density at radius 1 is 0.744 bits per heavy atom. The van der Waals surface area contributed by atoms with Crippen LogP contribution in [0, 0.1) is 0 Å². The van der Waals surface area contributed by atoms with Gasteiger partial charge in [-0.15, -0.1) is 0 Å². The molecule has 0 radical (unpaired) electrons. The molecule has 0 aliphatic carbocycles. The minimum absolute atomic E-state index is 0.0250. The predicted molar refractivity (Wildman–Crippen MR) is 145 cm³/mol. The van der Waals surface area contributed by atoms with Crippen molar-refractivity contribution >= 4 is 12.0 Å². The number of aromatic hydroxyl groups is 2. The summed E-state index contributed by atoms with van der Waals surface area (Å²) in [5, 5.41) is 80.7. The molecule has 2 aromatic carbocycles. The van der Waals surface area contributed by atoms with Crippen LogP contribution in [-0.2, 0) is 34.9 Å². The van der Waals surface area contributed by atoms with Gasteiger partial charge in [-0.2, -0.15) is 0 Å². The van der Waals surface area contributed by atoms with Gasteiger partial charge in [0.2, 0.25) is 0 Å². The van der Waals surface area contributed by atoms with E-state index in [2.05, 4.69) is 0 Å². The highest BCUT2D eigenvalue weighted by atomic mass is 16.7. The molecular formula is C29H36O14. The second-order valence-electron chi connectivity index (χ2n) is 10.1. The van der Waals surface area contributed by atoms with Crippen molar-refractivity contribution in [2.45, 2.75) is 67.8 Å². The molecule has 2 aliphatic heterocycles. The molecule has 2 heterocycles. The Morgan fingerprint density at radius 3 is 1.98 bits per heavy atom. The monoisotopic (exact) mass is 608 g/mol. The van der Waals surface area contributed by atoms with E-state index in [9.17, 15) is 45.6 Å². The number of benzene rings is 2. The molecule has 236 valence electrons. The highest BCUT2D eigenvalue weighted by molar-refractivity contribution is 5.87. The van der Waals surface area contributed by atoms with Gasteiger partial charge in [0.25, 0.3) is 0 Å². The number of carbonyl (C=O) groups is 1. The normalized spacial score (nSPS) is 33.0. The third kappa shape index (κ3) is 8.27. The zero-order valence-electron chi connectivity index (χ0n) is 22.9. The number of hydrogen-bond acceptors (Lipinski definition) is 14. The van der Waals surface area contributed by atoms with Crippen molar-refractivity contribution in [2.24, 2.45) is 0 Å². The quantitative estimate of drug-likeness (QED) is 0.108. The number of aliphatic hydroxyl groups is 6. The van der Waals surface area contributed by atoms with E-state index >= 15 is 0 Å². The minimum Gasteiger partial charge on any atom is -0.508 e. The lowest BCUT2D eigenvalue weighted by atomic mass is 9.96. The van der Waals surface area contributed by atoms with E-state index in [1.165, 1.54) is 30.3 Å². The van der Waals surface area contributed by atoms with Crippen molar-refractivity contribution in [1.82, 2.24) is 0 Å². The van der Waals surface area contributed by atoms with Gasteiger partial charge < -0.3 is 64.5 Å². The van der Waals surface area contributed by atoms with E-state index in [0.717, 1.165) is 11.6 Å². The van der Waals surface area contributed by atoms with E-state index < -0.39 is 80.6 Å². The van der Waals surface area contributed by atoms with E-state index in [4.69, 9.17) is 23.7 Å². The molecule has 0 aromatic heterocycles. The summed E-state index contributed by atoms with van der Waals surface area (Å²) < 4.78 is 28.2.